The summed E-state index contributed by atoms with van der Waals surface area (Å²) in [5, 5.41) is 3.67. The molecule has 33 heavy (non-hydrogen) atoms. The Morgan fingerprint density at radius 3 is 2.33 bits per heavy atom. The fraction of sp³-hybridized carbons (Fsp3) is 0.480. The van der Waals surface area contributed by atoms with Gasteiger partial charge in [-0.05, 0) is 62.1 Å². The molecule has 0 aromatic heterocycles. The van der Waals surface area contributed by atoms with E-state index in [1.54, 1.807) is 12.1 Å². The number of hydrogen-bond donors (Lipinski definition) is 1. The summed E-state index contributed by atoms with van der Waals surface area (Å²) in [7, 11) is -3.56. The van der Waals surface area contributed by atoms with Gasteiger partial charge in [-0.2, -0.15) is 4.31 Å². The molecule has 0 radical (unpaired) electrons. The van der Waals surface area contributed by atoms with Crippen molar-refractivity contribution >= 4 is 27.5 Å². The predicted molar refractivity (Wildman–Crippen MR) is 130 cm³/mol. The minimum absolute atomic E-state index is 0.0452. The van der Waals surface area contributed by atoms with E-state index < -0.39 is 10.0 Å². The molecule has 1 atom stereocenters. The van der Waals surface area contributed by atoms with Crippen LogP contribution in [0.3, 0.4) is 0 Å². The van der Waals surface area contributed by atoms with Crippen LogP contribution in [0.1, 0.15) is 37.7 Å². The first-order valence-corrected chi connectivity index (χ1v) is 13.6. The lowest BCUT2D eigenvalue weighted by Gasteiger charge is -2.36. The lowest BCUT2D eigenvalue weighted by atomic mass is 9.96. The maximum Gasteiger partial charge on any atom is 0.243 e. The van der Waals surface area contributed by atoms with E-state index in [1.165, 1.54) is 34.8 Å². The first kappa shape index (κ1) is 24.2. The van der Waals surface area contributed by atoms with Gasteiger partial charge in [0.2, 0.25) is 15.9 Å². The number of likely N-dealkylation sites (tertiary alicyclic amines) is 1. The average Bonchev–Trinajstić information content (AvgIpc) is 2.84. The molecule has 2 aliphatic heterocycles. The number of carbonyl (C=O) groups is 1. The molecule has 0 aliphatic carbocycles. The van der Waals surface area contributed by atoms with E-state index in [1.807, 2.05) is 6.07 Å². The summed E-state index contributed by atoms with van der Waals surface area (Å²) in [5.74, 6) is -0.100. The minimum Gasteiger partial charge on any atom is -0.354 e. The van der Waals surface area contributed by atoms with Crippen LogP contribution in [0.15, 0.2) is 59.5 Å². The minimum atomic E-state index is -3.56. The first-order valence-electron chi connectivity index (χ1n) is 11.7. The van der Waals surface area contributed by atoms with Crippen LogP contribution < -0.4 is 5.32 Å². The van der Waals surface area contributed by atoms with Gasteiger partial charge in [0, 0.05) is 43.2 Å². The molecule has 8 heteroatoms. The van der Waals surface area contributed by atoms with Crippen molar-refractivity contribution in [3.63, 3.8) is 0 Å². The Bertz CT molecular complexity index is 1020. The van der Waals surface area contributed by atoms with Crippen molar-refractivity contribution < 1.29 is 13.2 Å². The zero-order valence-corrected chi connectivity index (χ0v) is 20.4. The summed E-state index contributed by atoms with van der Waals surface area (Å²) < 4.78 is 27.2. The number of sulfonamides is 1. The topological polar surface area (TPSA) is 69.7 Å². The molecule has 1 unspecified atom stereocenters. The smallest absolute Gasteiger partial charge is 0.243 e. The van der Waals surface area contributed by atoms with E-state index in [0.717, 1.165) is 19.5 Å². The van der Waals surface area contributed by atoms with Crippen LogP contribution in [0.2, 0.25) is 5.02 Å². The Morgan fingerprint density at radius 2 is 1.64 bits per heavy atom. The maximum absolute atomic E-state index is 12.9. The van der Waals surface area contributed by atoms with Crippen LogP contribution >= 0.6 is 11.6 Å². The van der Waals surface area contributed by atoms with Gasteiger partial charge in [0.05, 0.1) is 4.90 Å². The van der Waals surface area contributed by atoms with Crippen molar-refractivity contribution in [3.05, 3.63) is 65.2 Å². The lowest BCUT2D eigenvalue weighted by molar-refractivity contribution is -0.126. The predicted octanol–water partition coefficient (Wildman–Crippen LogP) is 3.91. The normalized spacial score (nSPS) is 21.1. The number of piperidine rings is 2. The second-order valence-electron chi connectivity index (χ2n) is 8.98. The van der Waals surface area contributed by atoms with Gasteiger partial charge in [0.25, 0.3) is 0 Å². The number of carbonyl (C=O) groups excluding carboxylic acids is 1. The number of rotatable bonds is 7. The van der Waals surface area contributed by atoms with Crippen LogP contribution in [-0.2, 0) is 21.4 Å². The molecule has 0 spiro atoms. The van der Waals surface area contributed by atoms with Crippen LogP contribution in [0, 0.1) is 5.92 Å². The lowest BCUT2D eigenvalue weighted by Crippen LogP contribution is -2.48. The molecule has 1 amide bonds. The summed E-state index contributed by atoms with van der Waals surface area (Å²) in [6.07, 6.45) is 4.55. The number of amides is 1. The third-order valence-corrected chi connectivity index (χ3v) is 8.93. The molecule has 0 bridgehead atoms. The molecule has 178 valence electrons. The second-order valence-corrected chi connectivity index (χ2v) is 11.4. The zero-order chi connectivity index (χ0) is 23.3. The van der Waals surface area contributed by atoms with Crippen molar-refractivity contribution in [2.45, 2.75) is 49.6 Å². The molecular formula is C25H32ClN3O3S. The monoisotopic (exact) mass is 489 g/mol. The van der Waals surface area contributed by atoms with Crippen LogP contribution in [0.4, 0.5) is 0 Å². The second kappa shape index (κ2) is 11.0. The summed E-state index contributed by atoms with van der Waals surface area (Å²) in [5.41, 5.74) is 1.30. The van der Waals surface area contributed by atoms with Gasteiger partial charge >= 0.3 is 0 Å². The van der Waals surface area contributed by atoms with Crippen LogP contribution in [0.25, 0.3) is 0 Å². The van der Waals surface area contributed by atoms with Crippen molar-refractivity contribution in [3.8, 4) is 0 Å². The summed E-state index contributed by atoms with van der Waals surface area (Å²) in [6, 6.07) is 17.0. The van der Waals surface area contributed by atoms with Crippen LogP contribution in [-0.4, -0.2) is 55.8 Å². The number of nitrogens with one attached hydrogen (secondary N) is 1. The highest BCUT2D eigenvalue weighted by atomic mass is 35.5. The summed E-state index contributed by atoms with van der Waals surface area (Å²) in [6.45, 7) is 3.31. The van der Waals surface area contributed by atoms with Crippen LogP contribution in [0.5, 0.6) is 0 Å². The van der Waals surface area contributed by atoms with Gasteiger partial charge in [-0.25, -0.2) is 8.42 Å². The molecule has 2 aliphatic rings. The van der Waals surface area contributed by atoms with E-state index >= 15 is 0 Å². The third kappa shape index (κ3) is 6.15. The zero-order valence-electron chi connectivity index (χ0n) is 18.8. The Kier molecular flexibility index (Phi) is 8.07. The molecule has 0 saturated carbocycles. The standard InChI is InChI=1S/C25H32ClN3O3S/c26-22-9-11-24(12-10-22)33(31,32)29-16-13-21(14-17-29)25(30)27-18-23-8-4-5-15-28(23)19-20-6-2-1-3-7-20/h1-3,6-7,9-12,21,23H,4-5,8,13-19H2,(H,27,30). The quantitative estimate of drug-likeness (QED) is 0.640. The Balaban J connectivity index is 1.27. The highest BCUT2D eigenvalue weighted by Crippen LogP contribution is 2.25. The van der Waals surface area contributed by atoms with Gasteiger partial charge in [-0.15, -0.1) is 0 Å². The van der Waals surface area contributed by atoms with E-state index in [2.05, 4.69) is 34.5 Å². The molecule has 4 rings (SSSR count). The van der Waals surface area contributed by atoms with Crippen molar-refractivity contribution in [2.75, 3.05) is 26.2 Å². The number of benzene rings is 2. The van der Waals surface area contributed by atoms with Gasteiger partial charge < -0.3 is 5.32 Å². The Morgan fingerprint density at radius 1 is 0.939 bits per heavy atom. The fourth-order valence-corrected chi connectivity index (χ4v) is 6.39. The molecule has 1 N–H and O–H groups in total. The van der Waals surface area contributed by atoms with E-state index in [-0.39, 0.29) is 16.7 Å². The van der Waals surface area contributed by atoms with E-state index in [4.69, 9.17) is 11.6 Å². The fourth-order valence-electron chi connectivity index (χ4n) is 4.79. The van der Waals surface area contributed by atoms with Crippen molar-refractivity contribution in [2.24, 2.45) is 5.92 Å². The van der Waals surface area contributed by atoms with Gasteiger partial charge in [-0.1, -0.05) is 48.4 Å². The van der Waals surface area contributed by atoms with Crippen molar-refractivity contribution in [1.29, 1.82) is 0 Å². The van der Waals surface area contributed by atoms with Gasteiger partial charge in [-0.3, -0.25) is 9.69 Å². The Hall–Kier alpha value is -1.93. The summed E-state index contributed by atoms with van der Waals surface area (Å²) >= 11 is 5.88. The molecule has 2 fully saturated rings. The Labute approximate surface area is 202 Å². The molecule has 2 saturated heterocycles. The molecule has 6 nitrogen and oxygen atoms in total. The largest absolute Gasteiger partial charge is 0.354 e. The number of halogens is 1. The highest BCUT2D eigenvalue weighted by Gasteiger charge is 2.32. The molecule has 2 aromatic rings. The number of hydrogen-bond acceptors (Lipinski definition) is 4. The molecular weight excluding hydrogens is 458 g/mol. The number of nitrogens with zero attached hydrogens (tertiary/aromatic N) is 2. The SMILES string of the molecule is O=C(NCC1CCCCN1Cc1ccccc1)C1CCN(S(=O)(=O)c2ccc(Cl)cc2)CC1. The first-order chi connectivity index (χ1) is 15.9. The van der Waals surface area contributed by atoms with E-state index in [0.29, 0.717) is 43.5 Å². The average molecular weight is 490 g/mol. The van der Waals surface area contributed by atoms with E-state index in [9.17, 15) is 13.2 Å². The molecule has 2 heterocycles. The maximum atomic E-state index is 12.9. The summed E-state index contributed by atoms with van der Waals surface area (Å²) in [4.78, 5) is 15.6. The highest BCUT2D eigenvalue weighted by molar-refractivity contribution is 7.89. The molecule has 2 aromatic carbocycles. The van der Waals surface area contributed by atoms with Crippen molar-refractivity contribution in [1.82, 2.24) is 14.5 Å². The van der Waals surface area contributed by atoms with Gasteiger partial charge in [0.15, 0.2) is 0 Å². The third-order valence-electron chi connectivity index (χ3n) is 6.77. The van der Waals surface area contributed by atoms with Gasteiger partial charge in [0.1, 0.15) is 0 Å².